The van der Waals surface area contributed by atoms with Gasteiger partial charge >= 0.3 is 53.4 Å². The minimum atomic E-state index is 0.167. The van der Waals surface area contributed by atoms with Crippen LogP contribution in [0.25, 0.3) is 0 Å². The van der Waals surface area contributed by atoms with E-state index in [0.29, 0.717) is 16.9 Å². The third-order valence-corrected chi connectivity index (χ3v) is 3.72. The molecule has 0 aliphatic carbocycles. The molecule has 1 nitrogen and oxygen atoms in total. The second-order valence-electron chi connectivity index (χ2n) is 2.32. The van der Waals surface area contributed by atoms with Crippen LogP contribution in [0.5, 0.6) is 0 Å². The van der Waals surface area contributed by atoms with Crippen LogP contribution in [0.2, 0.25) is 0 Å². The van der Waals surface area contributed by atoms with Gasteiger partial charge in [0.15, 0.2) is 0 Å². The van der Waals surface area contributed by atoms with Crippen molar-refractivity contribution in [2.45, 2.75) is 32.8 Å². The van der Waals surface area contributed by atoms with Gasteiger partial charge in [-0.05, 0) is 0 Å². The van der Waals surface area contributed by atoms with E-state index < -0.39 is 0 Å². The summed E-state index contributed by atoms with van der Waals surface area (Å²) < 4.78 is 5.27. The standard InChI is InChI=1S/C5H14GeO/c1-4-5(2,3)7-6/h4H2,1-3,6H3. The van der Waals surface area contributed by atoms with E-state index in [4.69, 9.17) is 3.76 Å². The van der Waals surface area contributed by atoms with Crippen LogP contribution in [0.4, 0.5) is 0 Å². The zero-order chi connectivity index (χ0) is 5.91. The second kappa shape index (κ2) is 2.72. The summed E-state index contributed by atoms with van der Waals surface area (Å²) in [5, 5.41) is 0. The molecule has 0 radical (unpaired) electrons. The van der Waals surface area contributed by atoms with E-state index >= 15 is 0 Å². The van der Waals surface area contributed by atoms with Gasteiger partial charge < -0.3 is 0 Å². The van der Waals surface area contributed by atoms with E-state index in [9.17, 15) is 0 Å². The Morgan fingerprint density at radius 2 is 2.00 bits per heavy atom. The van der Waals surface area contributed by atoms with Crippen LogP contribution < -0.4 is 0 Å². The Kier molecular flexibility index (Phi) is 2.92. The molecule has 0 fully saturated rings. The minimum absolute atomic E-state index is 0.167. The van der Waals surface area contributed by atoms with Crippen molar-refractivity contribution in [2.75, 3.05) is 0 Å². The zero-order valence-electron chi connectivity index (χ0n) is 5.62. The first-order chi connectivity index (χ1) is 3.12. The molecule has 0 heterocycles. The molecule has 0 rings (SSSR count). The van der Waals surface area contributed by atoms with Crippen LogP contribution in [0.1, 0.15) is 27.2 Å². The van der Waals surface area contributed by atoms with Crippen molar-refractivity contribution in [3.8, 4) is 0 Å². The van der Waals surface area contributed by atoms with Gasteiger partial charge in [-0.3, -0.25) is 0 Å². The SMILES string of the molecule is CCC(C)(C)[O][GeH3]. The zero-order valence-corrected chi connectivity index (χ0v) is 9.81. The van der Waals surface area contributed by atoms with Crippen molar-refractivity contribution in [3.05, 3.63) is 0 Å². The van der Waals surface area contributed by atoms with Crippen molar-refractivity contribution in [2.24, 2.45) is 0 Å². The van der Waals surface area contributed by atoms with Gasteiger partial charge in [0.2, 0.25) is 0 Å². The number of hydrogen-bond donors (Lipinski definition) is 0. The predicted molar refractivity (Wildman–Crippen MR) is 35.4 cm³/mol. The Bertz CT molecular complexity index is 46.0. The quantitative estimate of drug-likeness (QED) is 0.537. The summed E-state index contributed by atoms with van der Waals surface area (Å²) in [6.07, 6.45) is 1.12. The molecule has 0 saturated carbocycles. The fraction of sp³-hybridized carbons (Fsp3) is 1.00. The van der Waals surface area contributed by atoms with E-state index in [2.05, 4.69) is 20.8 Å². The van der Waals surface area contributed by atoms with E-state index in [-0.39, 0.29) is 5.60 Å². The van der Waals surface area contributed by atoms with Crippen LogP contribution in [0.3, 0.4) is 0 Å². The fourth-order valence-electron chi connectivity index (χ4n) is 0.144. The Hall–Kier alpha value is 0.503. The van der Waals surface area contributed by atoms with Crippen LogP contribution >= 0.6 is 0 Å². The van der Waals surface area contributed by atoms with Gasteiger partial charge in [0.1, 0.15) is 0 Å². The molecule has 7 heavy (non-hydrogen) atoms. The number of hydrogen-bond acceptors (Lipinski definition) is 1. The van der Waals surface area contributed by atoms with Gasteiger partial charge in [-0.2, -0.15) is 0 Å². The Morgan fingerprint density at radius 1 is 1.57 bits per heavy atom. The van der Waals surface area contributed by atoms with Gasteiger partial charge in [0.05, 0.1) is 0 Å². The average Bonchev–Trinajstić information content (AvgIpc) is 1.68. The maximum absolute atomic E-state index is 5.27. The summed E-state index contributed by atoms with van der Waals surface area (Å²) in [6.45, 7) is 6.39. The van der Waals surface area contributed by atoms with E-state index in [0.717, 1.165) is 6.42 Å². The molecule has 44 valence electrons. The number of rotatable bonds is 2. The van der Waals surface area contributed by atoms with Crippen LogP contribution in [-0.4, -0.2) is 22.5 Å². The monoisotopic (exact) mass is 164 g/mol. The summed E-state index contributed by atoms with van der Waals surface area (Å²) >= 11 is 0.548. The van der Waals surface area contributed by atoms with E-state index in [1.54, 1.807) is 0 Å². The molecule has 0 N–H and O–H groups in total. The fourth-order valence-corrected chi connectivity index (χ4v) is 0.750. The molecule has 0 aliphatic rings. The molecule has 0 saturated heterocycles. The summed E-state index contributed by atoms with van der Waals surface area (Å²) in [5.74, 6) is 0. The van der Waals surface area contributed by atoms with Crippen molar-refractivity contribution in [1.29, 1.82) is 0 Å². The normalized spacial score (nSPS) is 12.4. The van der Waals surface area contributed by atoms with Crippen molar-refractivity contribution >= 4 is 16.9 Å². The van der Waals surface area contributed by atoms with E-state index in [1.807, 2.05) is 0 Å². The molecule has 0 aliphatic heterocycles. The van der Waals surface area contributed by atoms with Crippen LogP contribution in [0, 0.1) is 0 Å². The van der Waals surface area contributed by atoms with Gasteiger partial charge in [-0.25, -0.2) is 0 Å². The molecular weight excluding hydrogens is 149 g/mol. The Balaban J connectivity index is 3.36. The van der Waals surface area contributed by atoms with Crippen molar-refractivity contribution in [1.82, 2.24) is 0 Å². The molecule has 0 unspecified atom stereocenters. The maximum atomic E-state index is 5.27. The predicted octanol–water partition coefficient (Wildman–Crippen LogP) is 0.472. The summed E-state index contributed by atoms with van der Waals surface area (Å²) in [6, 6.07) is 0. The van der Waals surface area contributed by atoms with E-state index in [1.165, 1.54) is 0 Å². The molecule has 0 aromatic heterocycles. The molecule has 2 heteroatoms. The summed E-state index contributed by atoms with van der Waals surface area (Å²) in [7, 11) is 0. The topological polar surface area (TPSA) is 9.23 Å². The molecule has 0 atom stereocenters. The molecule has 0 bridgehead atoms. The second-order valence-corrected chi connectivity index (χ2v) is 3.17. The average molecular weight is 163 g/mol. The molecule has 0 aromatic rings. The van der Waals surface area contributed by atoms with Gasteiger partial charge in [0, 0.05) is 0 Å². The molecular formula is C5H14GeO. The van der Waals surface area contributed by atoms with Gasteiger partial charge in [-0.15, -0.1) is 0 Å². The first-order valence-electron chi connectivity index (χ1n) is 2.67. The van der Waals surface area contributed by atoms with Crippen LogP contribution in [-0.2, 0) is 3.76 Å². The Morgan fingerprint density at radius 3 is 2.00 bits per heavy atom. The van der Waals surface area contributed by atoms with Gasteiger partial charge in [0.25, 0.3) is 0 Å². The van der Waals surface area contributed by atoms with Gasteiger partial charge in [-0.1, -0.05) is 0 Å². The third kappa shape index (κ3) is 3.12. The summed E-state index contributed by atoms with van der Waals surface area (Å²) in [5.41, 5.74) is 0.167. The molecule has 0 amide bonds. The Labute approximate surface area is 54.0 Å². The molecule has 0 spiro atoms. The third-order valence-electron chi connectivity index (χ3n) is 1.40. The van der Waals surface area contributed by atoms with Crippen LogP contribution in [0.15, 0.2) is 0 Å². The van der Waals surface area contributed by atoms with Crippen molar-refractivity contribution < 1.29 is 3.76 Å². The first kappa shape index (κ1) is 7.50. The van der Waals surface area contributed by atoms with Crippen molar-refractivity contribution in [3.63, 3.8) is 0 Å². The molecule has 0 aromatic carbocycles. The summed E-state index contributed by atoms with van der Waals surface area (Å²) in [4.78, 5) is 0. The first-order valence-corrected chi connectivity index (χ1v) is 4.39.